The molecular weight excluding hydrogens is 381 g/mol. The summed E-state index contributed by atoms with van der Waals surface area (Å²) in [6.07, 6.45) is -1.81. The van der Waals surface area contributed by atoms with Crippen LogP contribution in [0.5, 0.6) is 0 Å². The number of piperidine rings is 1. The third-order valence-corrected chi connectivity index (χ3v) is 5.13. The van der Waals surface area contributed by atoms with Crippen molar-refractivity contribution < 1.29 is 18.0 Å². The van der Waals surface area contributed by atoms with Crippen molar-refractivity contribution in [2.45, 2.75) is 19.0 Å². The third kappa shape index (κ3) is 5.40. The topological polar surface area (TPSA) is 48.5 Å². The summed E-state index contributed by atoms with van der Waals surface area (Å²) in [5, 5.41) is 2.92. The van der Waals surface area contributed by atoms with Crippen LogP contribution < -0.4 is 15.1 Å². The zero-order valence-corrected chi connectivity index (χ0v) is 16.3. The highest BCUT2D eigenvalue weighted by atomic mass is 19.4. The molecular formula is C21H25F3N4O. The first-order valence-corrected chi connectivity index (χ1v) is 9.67. The van der Waals surface area contributed by atoms with Crippen LogP contribution in [-0.4, -0.2) is 44.1 Å². The summed E-state index contributed by atoms with van der Waals surface area (Å²) in [4.78, 5) is 20.1. The van der Waals surface area contributed by atoms with Gasteiger partial charge in [0.25, 0.3) is 0 Å². The van der Waals surface area contributed by atoms with Gasteiger partial charge in [0.15, 0.2) is 0 Å². The van der Waals surface area contributed by atoms with Crippen molar-refractivity contribution in [3.63, 3.8) is 0 Å². The molecule has 0 bridgehead atoms. The van der Waals surface area contributed by atoms with Gasteiger partial charge in [0.05, 0.1) is 11.5 Å². The number of para-hydroxylation sites is 1. The van der Waals surface area contributed by atoms with Crippen molar-refractivity contribution in [1.29, 1.82) is 0 Å². The van der Waals surface area contributed by atoms with Crippen LogP contribution in [0, 0.1) is 5.92 Å². The fourth-order valence-electron chi connectivity index (χ4n) is 3.56. The predicted octanol–water partition coefficient (Wildman–Crippen LogP) is 3.57. The second-order valence-corrected chi connectivity index (χ2v) is 7.21. The molecule has 1 aromatic heterocycles. The standard InChI is InChI=1S/C21H25F3N4O/c1-27(17-8-3-2-4-9-17)14-12-26-20(29)16-7-6-13-28(15-16)19-18(21(22,23)24)10-5-11-25-19/h2-5,8-11,16H,6-7,12-15H2,1H3,(H,26,29). The monoisotopic (exact) mass is 406 g/mol. The molecule has 1 amide bonds. The smallest absolute Gasteiger partial charge is 0.373 e. The van der Waals surface area contributed by atoms with E-state index in [1.165, 1.54) is 12.3 Å². The van der Waals surface area contributed by atoms with Gasteiger partial charge in [-0.15, -0.1) is 0 Å². The summed E-state index contributed by atoms with van der Waals surface area (Å²) in [5.74, 6) is -0.573. The lowest BCUT2D eigenvalue weighted by Gasteiger charge is -2.34. The molecule has 29 heavy (non-hydrogen) atoms. The second-order valence-electron chi connectivity index (χ2n) is 7.21. The van der Waals surface area contributed by atoms with Gasteiger partial charge in [-0.2, -0.15) is 13.2 Å². The average Bonchev–Trinajstić information content (AvgIpc) is 2.73. The quantitative estimate of drug-likeness (QED) is 0.797. The van der Waals surface area contributed by atoms with Gasteiger partial charge in [0, 0.05) is 45.1 Å². The molecule has 1 aliphatic heterocycles. The molecule has 0 radical (unpaired) electrons. The summed E-state index contributed by atoms with van der Waals surface area (Å²) in [6.45, 7) is 1.81. The first-order chi connectivity index (χ1) is 13.9. The summed E-state index contributed by atoms with van der Waals surface area (Å²) >= 11 is 0. The molecule has 2 heterocycles. The fourth-order valence-corrected chi connectivity index (χ4v) is 3.56. The van der Waals surface area contributed by atoms with Gasteiger partial charge in [-0.05, 0) is 37.1 Å². The summed E-state index contributed by atoms with van der Waals surface area (Å²) in [5.41, 5.74) is 0.297. The van der Waals surface area contributed by atoms with Crippen LogP contribution in [-0.2, 0) is 11.0 Å². The van der Waals surface area contributed by atoms with E-state index in [-0.39, 0.29) is 24.2 Å². The Balaban J connectivity index is 1.56. The molecule has 2 aromatic rings. The predicted molar refractivity (Wildman–Crippen MR) is 107 cm³/mol. The summed E-state index contributed by atoms with van der Waals surface area (Å²) in [6, 6.07) is 12.1. The number of rotatable bonds is 6. The SMILES string of the molecule is CN(CCNC(=O)C1CCCN(c2ncccc2C(F)(F)F)C1)c1ccccc1. The molecule has 8 heteroatoms. The lowest BCUT2D eigenvalue weighted by atomic mass is 9.96. The number of anilines is 2. The van der Waals surface area contributed by atoms with Crippen LogP contribution in [0.4, 0.5) is 24.7 Å². The molecule has 1 aliphatic rings. The molecule has 1 saturated heterocycles. The number of alkyl halides is 3. The third-order valence-electron chi connectivity index (χ3n) is 5.13. The van der Waals surface area contributed by atoms with Crippen molar-refractivity contribution in [3.05, 3.63) is 54.2 Å². The molecule has 1 fully saturated rings. The molecule has 0 spiro atoms. The minimum absolute atomic E-state index is 0.0960. The molecule has 1 aromatic carbocycles. The van der Waals surface area contributed by atoms with E-state index in [0.717, 1.165) is 11.8 Å². The molecule has 0 aliphatic carbocycles. The number of nitrogens with one attached hydrogen (secondary N) is 1. The Morgan fingerprint density at radius 3 is 2.72 bits per heavy atom. The van der Waals surface area contributed by atoms with Crippen molar-refractivity contribution in [2.24, 2.45) is 5.92 Å². The van der Waals surface area contributed by atoms with Crippen LogP contribution in [0.2, 0.25) is 0 Å². The Hall–Kier alpha value is -2.77. The van der Waals surface area contributed by atoms with Crippen LogP contribution in [0.25, 0.3) is 0 Å². The largest absolute Gasteiger partial charge is 0.419 e. The van der Waals surface area contributed by atoms with E-state index in [9.17, 15) is 18.0 Å². The Kier molecular flexibility index (Phi) is 6.61. The Labute approximate surface area is 168 Å². The number of pyridine rings is 1. The zero-order chi connectivity index (χ0) is 20.9. The first kappa shape index (κ1) is 21.0. The number of aromatic nitrogens is 1. The molecule has 1 atom stereocenters. The molecule has 0 saturated carbocycles. The fraction of sp³-hybridized carbons (Fsp3) is 0.429. The van der Waals surface area contributed by atoms with Crippen LogP contribution in [0.1, 0.15) is 18.4 Å². The lowest BCUT2D eigenvalue weighted by molar-refractivity contribution is -0.137. The Morgan fingerprint density at radius 2 is 2.00 bits per heavy atom. The van der Waals surface area contributed by atoms with Crippen LogP contribution in [0.3, 0.4) is 0 Å². The average molecular weight is 406 g/mol. The van der Waals surface area contributed by atoms with Crippen LogP contribution >= 0.6 is 0 Å². The van der Waals surface area contributed by atoms with Gasteiger partial charge in [-0.25, -0.2) is 4.98 Å². The van der Waals surface area contributed by atoms with E-state index < -0.39 is 11.7 Å². The zero-order valence-electron chi connectivity index (χ0n) is 16.3. The lowest BCUT2D eigenvalue weighted by Crippen LogP contribution is -2.45. The van der Waals surface area contributed by atoms with E-state index in [2.05, 4.69) is 10.3 Å². The number of nitrogens with zero attached hydrogens (tertiary/aromatic N) is 3. The maximum absolute atomic E-state index is 13.3. The normalized spacial score (nSPS) is 17.1. The number of likely N-dealkylation sites (N-methyl/N-ethyl adjacent to an activating group) is 1. The van der Waals surface area contributed by atoms with Crippen molar-refractivity contribution in [2.75, 3.05) is 43.0 Å². The number of hydrogen-bond acceptors (Lipinski definition) is 4. The van der Waals surface area contributed by atoms with E-state index >= 15 is 0 Å². The molecule has 1 unspecified atom stereocenters. The minimum atomic E-state index is -4.47. The van der Waals surface area contributed by atoms with Crippen LogP contribution in [0.15, 0.2) is 48.7 Å². The Bertz CT molecular complexity index is 813. The van der Waals surface area contributed by atoms with E-state index in [1.807, 2.05) is 42.3 Å². The molecule has 5 nitrogen and oxygen atoms in total. The van der Waals surface area contributed by atoms with E-state index in [1.54, 1.807) is 4.90 Å². The molecule has 3 rings (SSSR count). The highest BCUT2D eigenvalue weighted by Gasteiger charge is 2.37. The van der Waals surface area contributed by atoms with Crippen molar-refractivity contribution in [1.82, 2.24) is 10.3 Å². The number of hydrogen-bond donors (Lipinski definition) is 1. The second kappa shape index (κ2) is 9.15. The number of carbonyl (C=O) groups excluding carboxylic acids is 1. The van der Waals surface area contributed by atoms with Gasteiger partial charge >= 0.3 is 6.18 Å². The van der Waals surface area contributed by atoms with Crippen molar-refractivity contribution >= 4 is 17.4 Å². The number of benzene rings is 1. The van der Waals surface area contributed by atoms with E-state index in [4.69, 9.17) is 0 Å². The number of carbonyl (C=O) groups is 1. The highest BCUT2D eigenvalue weighted by molar-refractivity contribution is 5.79. The highest BCUT2D eigenvalue weighted by Crippen LogP contribution is 2.36. The van der Waals surface area contributed by atoms with Crippen molar-refractivity contribution in [3.8, 4) is 0 Å². The molecule has 1 N–H and O–H groups in total. The summed E-state index contributed by atoms with van der Waals surface area (Å²) < 4.78 is 39.9. The van der Waals surface area contributed by atoms with E-state index in [0.29, 0.717) is 32.5 Å². The van der Waals surface area contributed by atoms with Gasteiger partial charge in [0.2, 0.25) is 5.91 Å². The van der Waals surface area contributed by atoms with Gasteiger partial charge < -0.3 is 15.1 Å². The number of halogens is 3. The van der Waals surface area contributed by atoms with Gasteiger partial charge in [0.1, 0.15) is 5.82 Å². The minimum Gasteiger partial charge on any atom is -0.373 e. The summed E-state index contributed by atoms with van der Waals surface area (Å²) in [7, 11) is 1.95. The number of amides is 1. The van der Waals surface area contributed by atoms with Gasteiger partial charge in [-0.3, -0.25) is 4.79 Å². The van der Waals surface area contributed by atoms with Gasteiger partial charge in [-0.1, -0.05) is 18.2 Å². The first-order valence-electron chi connectivity index (χ1n) is 9.67. The Morgan fingerprint density at radius 1 is 1.24 bits per heavy atom. The maximum Gasteiger partial charge on any atom is 0.419 e. The maximum atomic E-state index is 13.3. The molecule has 156 valence electrons.